The van der Waals surface area contributed by atoms with Crippen molar-refractivity contribution in [1.82, 2.24) is 14.6 Å². The van der Waals surface area contributed by atoms with Crippen LogP contribution in [0.1, 0.15) is 19.3 Å². The highest BCUT2D eigenvalue weighted by molar-refractivity contribution is 7.90. The van der Waals surface area contributed by atoms with Gasteiger partial charge in [-0.25, -0.2) is 17.9 Å². The predicted molar refractivity (Wildman–Crippen MR) is 123 cm³/mol. The number of rotatable bonds is 4. The quantitative estimate of drug-likeness (QED) is 0.476. The van der Waals surface area contributed by atoms with Crippen LogP contribution in [0, 0.1) is 0 Å². The van der Waals surface area contributed by atoms with E-state index in [1.54, 1.807) is 16.6 Å². The fraction of sp³-hybridized carbons (Fsp3) is 0.250. The van der Waals surface area contributed by atoms with Crippen molar-refractivity contribution in [2.45, 2.75) is 24.2 Å². The molecule has 3 heterocycles. The van der Waals surface area contributed by atoms with Gasteiger partial charge in [-0.3, -0.25) is 0 Å². The molecule has 4 aromatic rings. The maximum absolute atomic E-state index is 11.8. The van der Waals surface area contributed by atoms with E-state index < -0.39 is 9.84 Å². The Hall–Kier alpha value is -3.19. The molecule has 0 N–H and O–H groups in total. The van der Waals surface area contributed by atoms with Gasteiger partial charge < -0.3 is 4.90 Å². The van der Waals surface area contributed by atoms with Crippen molar-refractivity contribution in [3.63, 3.8) is 0 Å². The molecule has 0 aliphatic carbocycles. The number of fused-ring (bicyclic) bond motifs is 1. The predicted octanol–water partition coefficient (Wildman–Crippen LogP) is 4.46. The Labute approximate surface area is 182 Å². The number of hydrogen-bond donors (Lipinski definition) is 0. The first kappa shape index (κ1) is 19.8. The standard InChI is InChI=1S/C24H24N4O2S/c1-31(29,30)21-12-10-18(11-13-21)22-9-6-16-28-24(22)25-23(26-28)19-7-5-8-20(17-19)27-14-3-2-4-15-27/h5-13,16-17H,2-4,14-15H2,1H3. The van der Waals surface area contributed by atoms with Crippen LogP contribution in [0.2, 0.25) is 0 Å². The van der Waals surface area contributed by atoms with Gasteiger partial charge in [-0.05, 0) is 61.2 Å². The lowest BCUT2D eigenvalue weighted by molar-refractivity contribution is 0.578. The number of sulfone groups is 1. The summed E-state index contributed by atoms with van der Waals surface area (Å²) in [5.41, 5.74) is 4.76. The highest BCUT2D eigenvalue weighted by Gasteiger charge is 2.15. The molecule has 5 rings (SSSR count). The van der Waals surface area contributed by atoms with E-state index in [1.807, 2.05) is 36.5 Å². The molecule has 6 nitrogen and oxygen atoms in total. The number of piperidine rings is 1. The topological polar surface area (TPSA) is 67.6 Å². The van der Waals surface area contributed by atoms with Gasteiger partial charge in [0, 0.05) is 42.4 Å². The Morgan fingerprint density at radius 3 is 2.39 bits per heavy atom. The molecule has 1 fully saturated rings. The second-order valence-electron chi connectivity index (χ2n) is 8.02. The molecule has 31 heavy (non-hydrogen) atoms. The van der Waals surface area contributed by atoms with Crippen LogP contribution in [0.15, 0.2) is 71.8 Å². The number of benzene rings is 2. The lowest BCUT2D eigenvalue weighted by Gasteiger charge is -2.29. The molecule has 1 aliphatic rings. The van der Waals surface area contributed by atoms with Crippen molar-refractivity contribution < 1.29 is 8.42 Å². The summed E-state index contributed by atoms with van der Waals surface area (Å²) in [6.45, 7) is 2.19. The zero-order valence-corrected chi connectivity index (χ0v) is 18.2. The Kier molecular flexibility index (Phi) is 4.98. The number of nitrogens with zero attached hydrogens (tertiary/aromatic N) is 4. The number of hydrogen-bond acceptors (Lipinski definition) is 5. The van der Waals surface area contributed by atoms with Crippen LogP contribution in [0.5, 0.6) is 0 Å². The minimum absolute atomic E-state index is 0.305. The van der Waals surface area contributed by atoms with E-state index in [0.717, 1.165) is 35.4 Å². The van der Waals surface area contributed by atoms with Crippen LogP contribution in [-0.2, 0) is 9.84 Å². The van der Waals surface area contributed by atoms with Crippen LogP contribution >= 0.6 is 0 Å². The third kappa shape index (κ3) is 3.93. The number of pyridine rings is 1. The molecule has 1 saturated heterocycles. The molecule has 7 heteroatoms. The van der Waals surface area contributed by atoms with Crippen molar-refractivity contribution in [2.24, 2.45) is 0 Å². The van der Waals surface area contributed by atoms with Crippen LogP contribution < -0.4 is 4.90 Å². The van der Waals surface area contributed by atoms with Crippen LogP contribution in [0.3, 0.4) is 0 Å². The maximum Gasteiger partial charge on any atom is 0.182 e. The van der Waals surface area contributed by atoms with Crippen molar-refractivity contribution in [1.29, 1.82) is 0 Å². The van der Waals surface area contributed by atoms with Gasteiger partial charge in [0.05, 0.1) is 4.90 Å². The molecule has 2 aromatic carbocycles. The third-order valence-corrected chi connectivity index (χ3v) is 6.91. The second-order valence-corrected chi connectivity index (χ2v) is 10.0. The van der Waals surface area contributed by atoms with Gasteiger partial charge in [-0.2, -0.15) is 0 Å². The monoisotopic (exact) mass is 432 g/mol. The normalized spacial score (nSPS) is 14.8. The van der Waals surface area contributed by atoms with E-state index in [0.29, 0.717) is 10.7 Å². The Bertz CT molecular complexity index is 1340. The molecule has 2 aromatic heterocycles. The smallest absolute Gasteiger partial charge is 0.182 e. The Morgan fingerprint density at radius 1 is 0.871 bits per heavy atom. The SMILES string of the molecule is CS(=O)(=O)c1ccc(-c2cccn3nc(-c4cccc(N5CCCCC5)c4)nc23)cc1. The van der Waals surface area contributed by atoms with E-state index in [-0.39, 0.29) is 0 Å². The fourth-order valence-corrected chi connectivity index (χ4v) is 4.76. The summed E-state index contributed by atoms with van der Waals surface area (Å²) in [7, 11) is -3.23. The zero-order chi connectivity index (χ0) is 21.4. The van der Waals surface area contributed by atoms with Crippen LogP contribution in [0.4, 0.5) is 5.69 Å². The summed E-state index contributed by atoms with van der Waals surface area (Å²) in [4.78, 5) is 7.57. The van der Waals surface area contributed by atoms with Gasteiger partial charge in [0.1, 0.15) is 0 Å². The first-order valence-corrected chi connectivity index (χ1v) is 12.4. The van der Waals surface area contributed by atoms with Crippen molar-refractivity contribution in [2.75, 3.05) is 24.2 Å². The largest absolute Gasteiger partial charge is 0.372 e. The second kappa shape index (κ2) is 7.81. The lowest BCUT2D eigenvalue weighted by Crippen LogP contribution is -2.29. The average molecular weight is 433 g/mol. The summed E-state index contributed by atoms with van der Waals surface area (Å²) in [6.07, 6.45) is 6.87. The minimum atomic E-state index is -3.23. The van der Waals surface area contributed by atoms with E-state index in [9.17, 15) is 8.42 Å². The molecule has 0 spiro atoms. The molecule has 1 aliphatic heterocycles. The van der Waals surface area contributed by atoms with Gasteiger partial charge >= 0.3 is 0 Å². The Balaban J connectivity index is 1.53. The van der Waals surface area contributed by atoms with Crippen molar-refractivity contribution in [3.8, 4) is 22.5 Å². The van der Waals surface area contributed by atoms with E-state index >= 15 is 0 Å². The van der Waals surface area contributed by atoms with Crippen molar-refractivity contribution in [3.05, 3.63) is 66.9 Å². The summed E-state index contributed by atoms with van der Waals surface area (Å²) >= 11 is 0. The molecule has 0 radical (unpaired) electrons. The minimum Gasteiger partial charge on any atom is -0.372 e. The summed E-state index contributed by atoms with van der Waals surface area (Å²) in [5, 5.41) is 4.70. The summed E-state index contributed by atoms with van der Waals surface area (Å²) < 4.78 is 25.3. The molecular formula is C24H24N4O2S. The highest BCUT2D eigenvalue weighted by atomic mass is 32.2. The molecular weight excluding hydrogens is 408 g/mol. The molecule has 0 saturated carbocycles. The fourth-order valence-electron chi connectivity index (χ4n) is 4.13. The van der Waals surface area contributed by atoms with Gasteiger partial charge in [-0.1, -0.05) is 24.3 Å². The Morgan fingerprint density at radius 2 is 1.65 bits per heavy atom. The van der Waals surface area contributed by atoms with Gasteiger partial charge in [0.2, 0.25) is 0 Å². The third-order valence-electron chi connectivity index (χ3n) is 5.78. The lowest BCUT2D eigenvalue weighted by atomic mass is 10.1. The summed E-state index contributed by atoms with van der Waals surface area (Å²) in [5.74, 6) is 0.680. The molecule has 0 unspecified atom stereocenters. The van der Waals surface area contributed by atoms with E-state index in [4.69, 9.17) is 10.1 Å². The molecule has 0 amide bonds. The average Bonchev–Trinajstić information content (AvgIpc) is 3.24. The van der Waals surface area contributed by atoms with E-state index in [2.05, 4.69) is 23.1 Å². The highest BCUT2D eigenvalue weighted by Crippen LogP contribution is 2.29. The van der Waals surface area contributed by atoms with Crippen molar-refractivity contribution >= 4 is 21.2 Å². The zero-order valence-electron chi connectivity index (χ0n) is 17.4. The molecule has 158 valence electrons. The van der Waals surface area contributed by atoms with Crippen LogP contribution in [-0.4, -0.2) is 42.4 Å². The maximum atomic E-state index is 11.8. The van der Waals surface area contributed by atoms with Gasteiger partial charge in [0.25, 0.3) is 0 Å². The first-order chi connectivity index (χ1) is 15.0. The number of anilines is 1. The summed E-state index contributed by atoms with van der Waals surface area (Å²) in [6, 6.07) is 19.2. The first-order valence-electron chi connectivity index (χ1n) is 10.5. The van der Waals surface area contributed by atoms with Gasteiger partial charge in [0.15, 0.2) is 21.3 Å². The number of aromatic nitrogens is 3. The molecule has 0 bridgehead atoms. The van der Waals surface area contributed by atoms with E-state index in [1.165, 1.54) is 31.2 Å². The van der Waals surface area contributed by atoms with Gasteiger partial charge in [-0.15, -0.1) is 5.10 Å². The van der Waals surface area contributed by atoms with Crippen LogP contribution in [0.25, 0.3) is 28.2 Å². The molecule has 0 atom stereocenters.